The van der Waals surface area contributed by atoms with E-state index in [0.717, 1.165) is 0 Å². The first-order valence-electron chi connectivity index (χ1n) is 8.94. The van der Waals surface area contributed by atoms with E-state index in [9.17, 15) is 18.3 Å². The van der Waals surface area contributed by atoms with Crippen LogP contribution in [0.25, 0.3) is 0 Å². The van der Waals surface area contributed by atoms with Gasteiger partial charge in [0.1, 0.15) is 11.4 Å². The topological polar surface area (TPSA) is 54.8 Å². The molecular weight excluding hydrogens is 373 g/mol. The Balaban J connectivity index is 2.00. The summed E-state index contributed by atoms with van der Waals surface area (Å²) in [4.78, 5) is 6.31. The fourth-order valence-electron chi connectivity index (χ4n) is 3.96. The molecule has 1 atom stereocenters. The van der Waals surface area contributed by atoms with Gasteiger partial charge in [0.05, 0.1) is 6.61 Å². The Kier molecular flexibility index (Phi) is 5.29. The van der Waals surface area contributed by atoms with Crippen LogP contribution in [0.4, 0.5) is 13.2 Å². The number of alkyl halides is 3. The SMILES string of the molecule is CCOc1ccc(C(O)(c2ccc(OC(F)(F)F)cc2)C2(C)CN(C)C2)cn1. The van der Waals surface area contributed by atoms with Gasteiger partial charge in [0, 0.05) is 36.3 Å². The number of pyridine rings is 1. The number of rotatable bonds is 6. The lowest BCUT2D eigenvalue weighted by atomic mass is 9.62. The summed E-state index contributed by atoms with van der Waals surface area (Å²) >= 11 is 0. The number of likely N-dealkylation sites (tertiary alicyclic amines) is 1. The standard InChI is InChI=1S/C20H23F3N2O3/c1-4-27-17-10-7-15(11-24-17)19(26,18(2)12-25(3)13-18)14-5-8-16(9-6-14)28-20(21,22)23/h5-11,26H,4,12-13H2,1-3H3. The second kappa shape index (κ2) is 7.25. The van der Waals surface area contributed by atoms with Crippen molar-refractivity contribution in [2.75, 3.05) is 26.7 Å². The van der Waals surface area contributed by atoms with Crippen LogP contribution in [0, 0.1) is 5.41 Å². The number of halogens is 3. The fourth-order valence-corrected chi connectivity index (χ4v) is 3.96. The summed E-state index contributed by atoms with van der Waals surface area (Å²) in [6.45, 7) is 5.51. The van der Waals surface area contributed by atoms with Crippen LogP contribution in [0.5, 0.6) is 11.6 Å². The molecule has 5 nitrogen and oxygen atoms in total. The van der Waals surface area contributed by atoms with E-state index in [0.29, 0.717) is 36.7 Å². The number of hydrogen-bond donors (Lipinski definition) is 1. The maximum absolute atomic E-state index is 12.4. The molecule has 0 spiro atoms. The van der Waals surface area contributed by atoms with Crippen LogP contribution in [0.15, 0.2) is 42.6 Å². The molecule has 0 amide bonds. The minimum atomic E-state index is -4.76. The van der Waals surface area contributed by atoms with Crippen LogP contribution in [0.3, 0.4) is 0 Å². The molecule has 1 fully saturated rings. The van der Waals surface area contributed by atoms with E-state index in [1.165, 1.54) is 24.3 Å². The van der Waals surface area contributed by atoms with Gasteiger partial charge in [-0.25, -0.2) is 4.98 Å². The minimum absolute atomic E-state index is 0.334. The molecule has 0 aliphatic carbocycles. The maximum Gasteiger partial charge on any atom is 0.573 e. The van der Waals surface area contributed by atoms with E-state index in [1.54, 1.807) is 18.3 Å². The number of aromatic nitrogens is 1. The largest absolute Gasteiger partial charge is 0.573 e. The number of benzene rings is 1. The highest BCUT2D eigenvalue weighted by molar-refractivity contribution is 5.42. The first kappa shape index (κ1) is 20.4. The van der Waals surface area contributed by atoms with Crippen molar-refractivity contribution < 1.29 is 27.8 Å². The smallest absolute Gasteiger partial charge is 0.478 e. The first-order valence-corrected chi connectivity index (χ1v) is 8.94. The first-order chi connectivity index (χ1) is 13.1. The quantitative estimate of drug-likeness (QED) is 0.809. The Hall–Kier alpha value is -2.32. The molecule has 0 radical (unpaired) electrons. The van der Waals surface area contributed by atoms with Gasteiger partial charge >= 0.3 is 6.36 Å². The highest BCUT2D eigenvalue weighted by Gasteiger charge is 2.55. The summed E-state index contributed by atoms with van der Waals surface area (Å²) in [6, 6.07) is 8.75. The molecule has 2 heterocycles. The number of nitrogens with zero attached hydrogens (tertiary/aromatic N) is 2. The van der Waals surface area contributed by atoms with E-state index in [2.05, 4.69) is 14.6 Å². The van der Waals surface area contributed by atoms with Crippen molar-refractivity contribution in [3.05, 3.63) is 53.7 Å². The van der Waals surface area contributed by atoms with E-state index in [1.807, 2.05) is 20.9 Å². The highest BCUT2D eigenvalue weighted by atomic mass is 19.4. The third kappa shape index (κ3) is 3.79. The molecule has 0 bridgehead atoms. The summed E-state index contributed by atoms with van der Waals surface area (Å²) in [7, 11) is 1.94. The molecule has 1 aliphatic heterocycles. The Morgan fingerprint density at radius 3 is 2.18 bits per heavy atom. The van der Waals surface area contributed by atoms with Crippen molar-refractivity contribution in [1.82, 2.24) is 9.88 Å². The van der Waals surface area contributed by atoms with Crippen LogP contribution < -0.4 is 9.47 Å². The van der Waals surface area contributed by atoms with Gasteiger partial charge in [-0.1, -0.05) is 19.1 Å². The second-order valence-electron chi connectivity index (χ2n) is 7.33. The number of aliphatic hydroxyl groups is 1. The fraction of sp³-hybridized carbons (Fsp3) is 0.450. The molecule has 1 N–H and O–H groups in total. The van der Waals surface area contributed by atoms with E-state index in [-0.39, 0.29) is 5.75 Å². The summed E-state index contributed by atoms with van der Waals surface area (Å²) in [6.07, 6.45) is -3.21. The molecule has 1 aromatic carbocycles. The zero-order valence-electron chi connectivity index (χ0n) is 16.0. The summed E-state index contributed by atoms with van der Waals surface area (Å²) in [5.74, 6) is 0.109. The lowest BCUT2D eigenvalue weighted by Gasteiger charge is -2.55. The number of ether oxygens (including phenoxy) is 2. The monoisotopic (exact) mass is 396 g/mol. The van der Waals surface area contributed by atoms with Crippen molar-refractivity contribution >= 4 is 0 Å². The zero-order chi connectivity index (χ0) is 20.6. The molecule has 2 aromatic rings. The molecule has 3 rings (SSSR count). The van der Waals surface area contributed by atoms with Crippen molar-refractivity contribution in [2.45, 2.75) is 25.8 Å². The molecule has 1 aliphatic rings. The Morgan fingerprint density at radius 2 is 1.71 bits per heavy atom. The third-order valence-corrected chi connectivity index (χ3v) is 5.06. The van der Waals surface area contributed by atoms with Gasteiger partial charge in [-0.2, -0.15) is 0 Å². The Labute approximate surface area is 161 Å². The summed E-state index contributed by atoms with van der Waals surface area (Å²) in [5, 5.41) is 11.8. The predicted octanol–water partition coefficient (Wildman–Crippen LogP) is 3.57. The second-order valence-corrected chi connectivity index (χ2v) is 7.33. The lowest BCUT2D eigenvalue weighted by Crippen LogP contribution is -2.63. The molecule has 1 aromatic heterocycles. The minimum Gasteiger partial charge on any atom is -0.478 e. The van der Waals surface area contributed by atoms with Crippen LogP contribution in [0.1, 0.15) is 25.0 Å². The van der Waals surface area contributed by atoms with Gasteiger partial charge in [0.25, 0.3) is 0 Å². The van der Waals surface area contributed by atoms with Crippen LogP contribution in [-0.4, -0.2) is 48.1 Å². The Morgan fingerprint density at radius 1 is 1.11 bits per heavy atom. The van der Waals surface area contributed by atoms with Crippen LogP contribution in [-0.2, 0) is 5.60 Å². The molecule has 0 saturated carbocycles. The van der Waals surface area contributed by atoms with E-state index >= 15 is 0 Å². The van der Waals surface area contributed by atoms with Gasteiger partial charge in [0.2, 0.25) is 5.88 Å². The third-order valence-electron chi connectivity index (χ3n) is 5.06. The Bertz CT molecular complexity index is 803. The van der Waals surface area contributed by atoms with Gasteiger partial charge in [-0.15, -0.1) is 13.2 Å². The normalized spacial score (nSPS) is 18.8. The van der Waals surface area contributed by atoms with Gasteiger partial charge in [0.15, 0.2) is 0 Å². The molecule has 8 heteroatoms. The summed E-state index contributed by atoms with van der Waals surface area (Å²) in [5.41, 5.74) is -0.948. The van der Waals surface area contributed by atoms with Crippen molar-refractivity contribution in [2.24, 2.45) is 5.41 Å². The maximum atomic E-state index is 12.4. The summed E-state index contributed by atoms with van der Waals surface area (Å²) < 4.78 is 46.6. The van der Waals surface area contributed by atoms with Crippen molar-refractivity contribution in [1.29, 1.82) is 0 Å². The van der Waals surface area contributed by atoms with Crippen molar-refractivity contribution in [3.8, 4) is 11.6 Å². The molecule has 152 valence electrons. The molecular formula is C20H23F3N2O3. The van der Waals surface area contributed by atoms with E-state index in [4.69, 9.17) is 4.74 Å². The predicted molar refractivity (Wildman–Crippen MR) is 97.1 cm³/mol. The molecule has 1 unspecified atom stereocenters. The lowest BCUT2D eigenvalue weighted by molar-refractivity contribution is -0.274. The number of hydrogen-bond acceptors (Lipinski definition) is 5. The molecule has 28 heavy (non-hydrogen) atoms. The van der Waals surface area contributed by atoms with Crippen LogP contribution in [0.2, 0.25) is 0 Å². The van der Waals surface area contributed by atoms with E-state index < -0.39 is 17.4 Å². The van der Waals surface area contributed by atoms with Crippen LogP contribution >= 0.6 is 0 Å². The average molecular weight is 396 g/mol. The molecule has 1 saturated heterocycles. The van der Waals surface area contributed by atoms with Gasteiger partial charge in [-0.3, -0.25) is 0 Å². The highest BCUT2D eigenvalue weighted by Crippen LogP contribution is 2.50. The van der Waals surface area contributed by atoms with Gasteiger partial charge < -0.3 is 19.5 Å². The van der Waals surface area contributed by atoms with Crippen molar-refractivity contribution in [3.63, 3.8) is 0 Å². The van der Waals surface area contributed by atoms with Gasteiger partial charge in [-0.05, 0) is 37.7 Å². The average Bonchev–Trinajstić information content (AvgIpc) is 2.60. The zero-order valence-corrected chi connectivity index (χ0v) is 16.0.